The Morgan fingerprint density at radius 2 is 2.00 bits per heavy atom. The van der Waals surface area contributed by atoms with Crippen molar-refractivity contribution in [2.75, 3.05) is 27.8 Å². The van der Waals surface area contributed by atoms with Crippen molar-refractivity contribution in [1.82, 2.24) is 15.2 Å². The summed E-state index contributed by atoms with van der Waals surface area (Å²) in [6.45, 7) is 3.89. The normalized spacial score (nSPS) is 11.1. The topological polar surface area (TPSA) is 59.0 Å². The fourth-order valence-electron chi connectivity index (χ4n) is 2.46. The van der Waals surface area contributed by atoms with Gasteiger partial charge in [0.1, 0.15) is 5.75 Å². The van der Waals surface area contributed by atoms with E-state index in [1.54, 1.807) is 20.4 Å². The van der Waals surface area contributed by atoms with E-state index >= 15 is 0 Å². The minimum Gasteiger partial charge on any atom is -0.497 e. The van der Waals surface area contributed by atoms with E-state index in [-0.39, 0.29) is 0 Å². The number of aliphatic imine (C=N–C) groups is 1. The highest BCUT2D eigenvalue weighted by Crippen LogP contribution is 2.15. The van der Waals surface area contributed by atoms with E-state index in [0.29, 0.717) is 19.0 Å². The SMILES string of the molecule is CCOc1ncccc1CNC(=NC)N(C)Cc1ccc(OC)cc1. The predicted molar refractivity (Wildman–Crippen MR) is 100 cm³/mol. The Morgan fingerprint density at radius 3 is 2.64 bits per heavy atom. The van der Waals surface area contributed by atoms with Crippen molar-refractivity contribution in [3.05, 3.63) is 53.7 Å². The van der Waals surface area contributed by atoms with E-state index < -0.39 is 0 Å². The number of aromatic nitrogens is 1. The quantitative estimate of drug-likeness (QED) is 0.619. The molecule has 1 aromatic heterocycles. The number of rotatable bonds is 7. The van der Waals surface area contributed by atoms with Gasteiger partial charge in [-0.1, -0.05) is 18.2 Å². The summed E-state index contributed by atoms with van der Waals surface area (Å²) >= 11 is 0. The molecule has 1 heterocycles. The second-order valence-corrected chi connectivity index (χ2v) is 5.51. The molecule has 0 aliphatic carbocycles. The van der Waals surface area contributed by atoms with Gasteiger partial charge in [-0.2, -0.15) is 0 Å². The molecule has 6 nitrogen and oxygen atoms in total. The molecular formula is C19H26N4O2. The summed E-state index contributed by atoms with van der Waals surface area (Å²) in [5, 5.41) is 3.36. The number of guanidine groups is 1. The van der Waals surface area contributed by atoms with Gasteiger partial charge in [0.05, 0.1) is 13.7 Å². The van der Waals surface area contributed by atoms with Crippen LogP contribution in [-0.2, 0) is 13.1 Å². The van der Waals surface area contributed by atoms with Gasteiger partial charge in [0.15, 0.2) is 5.96 Å². The number of hydrogen-bond acceptors (Lipinski definition) is 4. The van der Waals surface area contributed by atoms with Crippen molar-refractivity contribution >= 4 is 5.96 Å². The van der Waals surface area contributed by atoms with Gasteiger partial charge in [0, 0.05) is 38.9 Å². The van der Waals surface area contributed by atoms with Crippen LogP contribution in [0.3, 0.4) is 0 Å². The molecule has 1 N–H and O–H groups in total. The summed E-state index contributed by atoms with van der Waals surface area (Å²) in [4.78, 5) is 10.7. The third kappa shape index (κ3) is 5.38. The van der Waals surface area contributed by atoms with Crippen LogP contribution < -0.4 is 14.8 Å². The maximum Gasteiger partial charge on any atom is 0.218 e. The molecule has 0 spiro atoms. The van der Waals surface area contributed by atoms with E-state index in [1.807, 2.05) is 38.2 Å². The molecule has 0 atom stereocenters. The Morgan fingerprint density at radius 1 is 1.24 bits per heavy atom. The van der Waals surface area contributed by atoms with Crippen molar-refractivity contribution in [3.8, 4) is 11.6 Å². The maximum absolute atomic E-state index is 5.56. The van der Waals surface area contributed by atoms with Gasteiger partial charge in [0.2, 0.25) is 5.88 Å². The summed E-state index contributed by atoms with van der Waals surface area (Å²) < 4.78 is 10.8. The van der Waals surface area contributed by atoms with Crippen LogP contribution in [-0.4, -0.2) is 43.7 Å². The van der Waals surface area contributed by atoms with Gasteiger partial charge in [-0.3, -0.25) is 4.99 Å². The van der Waals surface area contributed by atoms with Crippen molar-refractivity contribution < 1.29 is 9.47 Å². The number of methoxy groups -OCH3 is 1. The smallest absolute Gasteiger partial charge is 0.218 e. The van der Waals surface area contributed by atoms with Crippen LogP contribution in [0, 0.1) is 0 Å². The van der Waals surface area contributed by atoms with E-state index in [2.05, 4.69) is 32.3 Å². The van der Waals surface area contributed by atoms with Crippen LogP contribution in [0.2, 0.25) is 0 Å². The van der Waals surface area contributed by atoms with E-state index in [9.17, 15) is 0 Å². The monoisotopic (exact) mass is 342 g/mol. The first-order valence-corrected chi connectivity index (χ1v) is 8.29. The van der Waals surface area contributed by atoms with Crippen LogP contribution in [0.4, 0.5) is 0 Å². The second kappa shape index (κ2) is 9.52. The Kier molecular flexibility index (Phi) is 7.07. The largest absolute Gasteiger partial charge is 0.497 e. The molecule has 0 aliphatic rings. The van der Waals surface area contributed by atoms with Crippen LogP contribution in [0.5, 0.6) is 11.6 Å². The Bertz CT molecular complexity index is 686. The lowest BCUT2D eigenvalue weighted by molar-refractivity contribution is 0.322. The third-order valence-corrected chi connectivity index (χ3v) is 3.72. The number of nitrogens with zero attached hydrogens (tertiary/aromatic N) is 3. The molecule has 2 aromatic rings. The lowest BCUT2D eigenvalue weighted by atomic mass is 10.2. The summed E-state index contributed by atoms with van der Waals surface area (Å²) in [6, 6.07) is 11.9. The summed E-state index contributed by atoms with van der Waals surface area (Å²) in [6.07, 6.45) is 1.74. The van der Waals surface area contributed by atoms with E-state index in [0.717, 1.165) is 23.8 Å². The lowest BCUT2D eigenvalue weighted by Crippen LogP contribution is -2.38. The van der Waals surface area contributed by atoms with Crippen LogP contribution >= 0.6 is 0 Å². The van der Waals surface area contributed by atoms with Gasteiger partial charge >= 0.3 is 0 Å². The zero-order valence-corrected chi connectivity index (χ0v) is 15.3. The van der Waals surface area contributed by atoms with Crippen molar-refractivity contribution in [2.45, 2.75) is 20.0 Å². The first-order valence-electron chi connectivity index (χ1n) is 8.29. The molecule has 0 bridgehead atoms. The minimum atomic E-state index is 0.593. The first kappa shape index (κ1) is 18.6. The second-order valence-electron chi connectivity index (χ2n) is 5.51. The molecular weight excluding hydrogens is 316 g/mol. The molecule has 25 heavy (non-hydrogen) atoms. The fraction of sp³-hybridized carbons (Fsp3) is 0.368. The van der Waals surface area contributed by atoms with Gasteiger partial charge in [-0.15, -0.1) is 0 Å². The highest BCUT2D eigenvalue weighted by molar-refractivity contribution is 5.79. The van der Waals surface area contributed by atoms with Gasteiger partial charge < -0.3 is 19.7 Å². The van der Waals surface area contributed by atoms with Gasteiger partial charge in [-0.05, 0) is 30.7 Å². The van der Waals surface area contributed by atoms with Gasteiger partial charge in [0.25, 0.3) is 0 Å². The highest BCUT2D eigenvalue weighted by Gasteiger charge is 2.09. The van der Waals surface area contributed by atoms with Crippen molar-refractivity contribution in [2.24, 2.45) is 4.99 Å². The van der Waals surface area contributed by atoms with E-state index in [4.69, 9.17) is 9.47 Å². The standard InChI is InChI=1S/C19H26N4O2/c1-5-25-18-16(7-6-12-21-18)13-22-19(20-2)23(3)14-15-8-10-17(24-4)11-9-15/h6-12H,5,13-14H2,1-4H3,(H,20,22). The number of pyridine rings is 1. The molecule has 134 valence electrons. The molecule has 0 aliphatic heterocycles. The average molecular weight is 342 g/mol. The molecule has 0 amide bonds. The summed E-state index contributed by atoms with van der Waals surface area (Å²) in [7, 11) is 5.45. The zero-order chi connectivity index (χ0) is 18.1. The highest BCUT2D eigenvalue weighted by atomic mass is 16.5. The van der Waals surface area contributed by atoms with Crippen molar-refractivity contribution in [1.29, 1.82) is 0 Å². The lowest BCUT2D eigenvalue weighted by Gasteiger charge is -2.22. The number of ether oxygens (including phenoxy) is 2. The Balaban J connectivity index is 1.97. The molecule has 0 radical (unpaired) electrons. The molecule has 1 aromatic carbocycles. The average Bonchev–Trinajstić information content (AvgIpc) is 2.64. The molecule has 2 rings (SSSR count). The van der Waals surface area contributed by atoms with Crippen molar-refractivity contribution in [3.63, 3.8) is 0 Å². The predicted octanol–water partition coefficient (Wildman–Crippen LogP) is 2.70. The summed E-state index contributed by atoms with van der Waals surface area (Å²) in [5.74, 6) is 2.32. The number of hydrogen-bond donors (Lipinski definition) is 1. The fourth-order valence-corrected chi connectivity index (χ4v) is 2.46. The van der Waals surface area contributed by atoms with Crippen LogP contribution in [0.15, 0.2) is 47.6 Å². The molecule has 0 unspecified atom stereocenters. The molecule has 0 saturated carbocycles. The number of benzene rings is 1. The zero-order valence-electron chi connectivity index (χ0n) is 15.3. The molecule has 0 saturated heterocycles. The third-order valence-electron chi connectivity index (χ3n) is 3.72. The maximum atomic E-state index is 5.56. The number of nitrogens with one attached hydrogen (secondary N) is 1. The Labute approximate surface area is 149 Å². The molecule has 0 fully saturated rings. The Hall–Kier alpha value is -2.76. The molecule has 6 heteroatoms. The van der Waals surface area contributed by atoms with Crippen LogP contribution in [0.1, 0.15) is 18.1 Å². The summed E-state index contributed by atoms with van der Waals surface area (Å²) in [5.41, 5.74) is 2.19. The van der Waals surface area contributed by atoms with E-state index in [1.165, 1.54) is 5.56 Å². The van der Waals surface area contributed by atoms with Crippen LogP contribution in [0.25, 0.3) is 0 Å². The first-order chi connectivity index (χ1) is 12.2. The minimum absolute atomic E-state index is 0.593. The van der Waals surface area contributed by atoms with Gasteiger partial charge in [-0.25, -0.2) is 4.98 Å².